The number of hydrogen-bond acceptors (Lipinski definition) is 3. The predicted molar refractivity (Wildman–Crippen MR) is 117 cm³/mol. The van der Waals surface area contributed by atoms with Crippen molar-refractivity contribution in [3.8, 4) is 5.75 Å². The fraction of sp³-hybridized carbons (Fsp3) is 0.417. The Morgan fingerprint density at radius 2 is 1.88 bits per heavy atom. The molecule has 172 valence electrons. The number of amides is 2. The SMILES string of the molecule is CC(C)CCN1C(=O)C(C)(C)COc2ccc(NC(=O)c3ccccc3C(F)(F)F)cc21. The number of carbonyl (C=O) groups is 2. The third kappa shape index (κ3) is 5.06. The highest BCUT2D eigenvalue weighted by Crippen LogP contribution is 2.39. The van der Waals surface area contributed by atoms with Crippen molar-refractivity contribution in [1.29, 1.82) is 0 Å². The number of benzene rings is 2. The third-order valence-electron chi connectivity index (χ3n) is 5.33. The Labute approximate surface area is 185 Å². The van der Waals surface area contributed by atoms with Crippen LogP contribution in [0.4, 0.5) is 24.5 Å². The van der Waals surface area contributed by atoms with Crippen LogP contribution in [0.2, 0.25) is 0 Å². The third-order valence-corrected chi connectivity index (χ3v) is 5.33. The van der Waals surface area contributed by atoms with Gasteiger partial charge in [0.1, 0.15) is 12.4 Å². The van der Waals surface area contributed by atoms with Gasteiger partial charge in [-0.2, -0.15) is 13.2 Å². The van der Waals surface area contributed by atoms with Gasteiger partial charge in [0, 0.05) is 12.2 Å². The molecule has 0 spiro atoms. The van der Waals surface area contributed by atoms with Crippen molar-refractivity contribution < 1.29 is 27.5 Å². The molecule has 1 heterocycles. The van der Waals surface area contributed by atoms with Crippen molar-refractivity contribution in [3.05, 3.63) is 53.6 Å². The molecule has 2 amide bonds. The maximum atomic E-state index is 13.3. The van der Waals surface area contributed by atoms with E-state index in [9.17, 15) is 22.8 Å². The molecule has 0 aromatic heterocycles. The fourth-order valence-electron chi connectivity index (χ4n) is 3.46. The van der Waals surface area contributed by atoms with E-state index in [1.165, 1.54) is 12.1 Å². The second-order valence-corrected chi connectivity index (χ2v) is 8.99. The summed E-state index contributed by atoms with van der Waals surface area (Å²) in [4.78, 5) is 27.5. The Bertz CT molecular complexity index is 1020. The molecular weight excluding hydrogens is 421 g/mol. The van der Waals surface area contributed by atoms with E-state index in [0.717, 1.165) is 18.6 Å². The highest BCUT2D eigenvalue weighted by atomic mass is 19.4. The zero-order valence-corrected chi connectivity index (χ0v) is 18.5. The maximum absolute atomic E-state index is 13.3. The van der Waals surface area contributed by atoms with Gasteiger partial charge in [-0.05, 0) is 56.5 Å². The van der Waals surface area contributed by atoms with E-state index in [1.807, 2.05) is 0 Å². The van der Waals surface area contributed by atoms with E-state index in [2.05, 4.69) is 19.2 Å². The predicted octanol–water partition coefficient (Wildman–Crippen LogP) is 5.76. The van der Waals surface area contributed by atoms with Crippen molar-refractivity contribution in [2.24, 2.45) is 11.3 Å². The average molecular weight is 448 g/mol. The van der Waals surface area contributed by atoms with Gasteiger partial charge < -0.3 is 15.0 Å². The Morgan fingerprint density at radius 1 is 1.19 bits per heavy atom. The lowest BCUT2D eigenvalue weighted by Crippen LogP contribution is -2.42. The molecule has 0 aliphatic carbocycles. The van der Waals surface area contributed by atoms with Gasteiger partial charge in [-0.3, -0.25) is 9.59 Å². The van der Waals surface area contributed by atoms with Crippen molar-refractivity contribution in [2.75, 3.05) is 23.4 Å². The summed E-state index contributed by atoms with van der Waals surface area (Å²) in [5.74, 6) is -0.141. The van der Waals surface area contributed by atoms with Crippen molar-refractivity contribution >= 4 is 23.2 Å². The van der Waals surface area contributed by atoms with Crippen LogP contribution >= 0.6 is 0 Å². The molecule has 3 rings (SSSR count). The molecule has 2 aromatic carbocycles. The molecule has 1 N–H and O–H groups in total. The monoisotopic (exact) mass is 448 g/mol. The number of fused-ring (bicyclic) bond motifs is 1. The Hall–Kier alpha value is -3.03. The van der Waals surface area contributed by atoms with Gasteiger partial charge in [-0.1, -0.05) is 26.0 Å². The second-order valence-electron chi connectivity index (χ2n) is 8.99. The van der Waals surface area contributed by atoms with Crippen LogP contribution in [0.3, 0.4) is 0 Å². The lowest BCUT2D eigenvalue weighted by Gasteiger charge is -2.28. The molecule has 0 fully saturated rings. The highest BCUT2D eigenvalue weighted by molar-refractivity contribution is 6.06. The van der Waals surface area contributed by atoms with Crippen molar-refractivity contribution in [1.82, 2.24) is 0 Å². The molecular formula is C24H27F3N2O3. The molecule has 0 saturated carbocycles. The lowest BCUT2D eigenvalue weighted by molar-refractivity contribution is -0.137. The maximum Gasteiger partial charge on any atom is 0.417 e. The molecule has 0 unspecified atom stereocenters. The summed E-state index contributed by atoms with van der Waals surface area (Å²) in [6.07, 6.45) is -3.89. The van der Waals surface area contributed by atoms with Crippen LogP contribution in [-0.4, -0.2) is 25.0 Å². The first-order valence-corrected chi connectivity index (χ1v) is 10.5. The van der Waals surface area contributed by atoms with E-state index in [0.29, 0.717) is 23.9 Å². The quantitative estimate of drug-likeness (QED) is 0.633. The van der Waals surface area contributed by atoms with E-state index >= 15 is 0 Å². The van der Waals surface area contributed by atoms with E-state index < -0.39 is 28.6 Å². The topological polar surface area (TPSA) is 58.6 Å². The smallest absolute Gasteiger partial charge is 0.417 e. The van der Waals surface area contributed by atoms with Gasteiger partial charge in [-0.15, -0.1) is 0 Å². The zero-order chi connectivity index (χ0) is 23.7. The number of carbonyl (C=O) groups excluding carboxylic acids is 2. The first-order valence-electron chi connectivity index (χ1n) is 10.5. The van der Waals surface area contributed by atoms with Gasteiger partial charge in [0.15, 0.2) is 0 Å². The molecule has 0 atom stereocenters. The number of ether oxygens (including phenoxy) is 1. The van der Waals surface area contributed by atoms with E-state index in [1.54, 1.807) is 36.9 Å². The molecule has 8 heteroatoms. The first kappa shape index (κ1) is 23.6. The van der Waals surface area contributed by atoms with Crippen LogP contribution in [0.25, 0.3) is 0 Å². The number of halogens is 3. The largest absolute Gasteiger partial charge is 0.490 e. The molecule has 0 bridgehead atoms. The summed E-state index contributed by atoms with van der Waals surface area (Å²) in [6.45, 7) is 8.38. The minimum absolute atomic E-state index is 0.109. The average Bonchev–Trinajstić information content (AvgIpc) is 2.80. The minimum Gasteiger partial charge on any atom is -0.490 e. The molecule has 32 heavy (non-hydrogen) atoms. The van der Waals surface area contributed by atoms with Gasteiger partial charge in [0.25, 0.3) is 5.91 Å². The molecule has 0 saturated heterocycles. The van der Waals surface area contributed by atoms with Crippen LogP contribution in [-0.2, 0) is 11.0 Å². The molecule has 5 nitrogen and oxygen atoms in total. The molecule has 2 aromatic rings. The number of nitrogens with one attached hydrogen (secondary N) is 1. The second kappa shape index (κ2) is 8.84. The van der Waals surface area contributed by atoms with E-state index in [-0.39, 0.29) is 18.2 Å². The Kier molecular flexibility index (Phi) is 6.53. The number of alkyl halides is 3. The van der Waals surface area contributed by atoms with Gasteiger partial charge in [0.2, 0.25) is 5.91 Å². The number of rotatable bonds is 5. The molecule has 0 radical (unpaired) electrons. The van der Waals surface area contributed by atoms with E-state index in [4.69, 9.17) is 4.74 Å². The Morgan fingerprint density at radius 3 is 2.53 bits per heavy atom. The van der Waals surface area contributed by atoms with Crippen molar-refractivity contribution in [2.45, 2.75) is 40.3 Å². The van der Waals surface area contributed by atoms with Gasteiger partial charge >= 0.3 is 6.18 Å². The highest BCUT2D eigenvalue weighted by Gasteiger charge is 2.38. The van der Waals surface area contributed by atoms with Gasteiger partial charge in [0.05, 0.1) is 22.2 Å². The summed E-state index contributed by atoms with van der Waals surface area (Å²) in [6, 6.07) is 9.36. The number of hydrogen-bond donors (Lipinski definition) is 1. The fourth-order valence-corrected chi connectivity index (χ4v) is 3.46. The van der Waals surface area contributed by atoms with Gasteiger partial charge in [-0.25, -0.2) is 0 Å². The summed E-state index contributed by atoms with van der Waals surface area (Å²) < 4.78 is 45.7. The normalized spacial score (nSPS) is 15.8. The van der Waals surface area contributed by atoms with Crippen LogP contribution < -0.4 is 15.0 Å². The van der Waals surface area contributed by atoms with Crippen LogP contribution in [0.5, 0.6) is 5.75 Å². The van der Waals surface area contributed by atoms with Crippen LogP contribution in [0.15, 0.2) is 42.5 Å². The van der Waals surface area contributed by atoms with Crippen LogP contribution in [0, 0.1) is 11.3 Å². The lowest BCUT2D eigenvalue weighted by atomic mass is 9.92. The zero-order valence-electron chi connectivity index (χ0n) is 18.5. The Balaban J connectivity index is 1.95. The summed E-state index contributed by atoms with van der Waals surface area (Å²) in [7, 11) is 0. The summed E-state index contributed by atoms with van der Waals surface area (Å²) in [5, 5.41) is 2.53. The number of nitrogens with zero attached hydrogens (tertiary/aromatic N) is 1. The standard InChI is InChI=1S/C24H27F3N2O3/c1-15(2)11-12-29-19-13-16(9-10-20(19)32-14-23(3,4)22(29)31)28-21(30)17-7-5-6-8-18(17)24(25,26)27/h5-10,13,15H,11-12,14H2,1-4H3,(H,28,30). The van der Waals surface area contributed by atoms with Crippen molar-refractivity contribution in [3.63, 3.8) is 0 Å². The molecule has 1 aliphatic heterocycles. The minimum atomic E-state index is -4.65. The summed E-state index contributed by atoms with van der Waals surface area (Å²) >= 11 is 0. The van der Waals surface area contributed by atoms with Crippen LogP contribution in [0.1, 0.15) is 50.0 Å². The first-order chi connectivity index (χ1) is 14.9. The molecule has 1 aliphatic rings. The number of anilines is 2. The summed E-state index contributed by atoms with van der Waals surface area (Å²) in [5.41, 5.74) is -1.46.